The molecule has 6 N–H and O–H groups in total. The highest BCUT2D eigenvalue weighted by Crippen LogP contribution is 2.44. The Morgan fingerprint density at radius 2 is 2.03 bits per heavy atom. The molecular weight excluding hydrogens is 382 g/mol. The largest absolute Gasteiger partial charge is 0.507 e. The number of carboxylic acid groups (broad SMARTS) is 1. The minimum Gasteiger partial charge on any atom is -0.507 e. The number of hydrogen-bond acceptors (Lipinski definition) is 8. The molecule has 0 bridgehead atoms. The van der Waals surface area contributed by atoms with Crippen molar-refractivity contribution in [1.82, 2.24) is 0 Å². The van der Waals surface area contributed by atoms with Gasteiger partial charge in [0.25, 0.3) is 0 Å². The van der Waals surface area contributed by atoms with Crippen molar-refractivity contribution >= 4 is 17.8 Å². The van der Waals surface area contributed by atoms with E-state index >= 15 is 0 Å². The van der Waals surface area contributed by atoms with E-state index in [2.05, 4.69) is 0 Å². The van der Waals surface area contributed by atoms with Crippen LogP contribution in [0.3, 0.4) is 0 Å². The van der Waals surface area contributed by atoms with Gasteiger partial charge in [-0.15, -0.1) is 0 Å². The maximum Gasteiger partial charge on any atom is 0.320 e. The molecule has 0 saturated carbocycles. The fraction of sp³-hybridized carbons (Fsp3) is 0.300. The van der Waals surface area contributed by atoms with Crippen LogP contribution in [-0.2, 0) is 14.3 Å². The second-order valence-electron chi connectivity index (χ2n) is 6.33. The van der Waals surface area contributed by atoms with Crippen molar-refractivity contribution in [2.45, 2.75) is 18.9 Å². The topological polar surface area (TPSA) is 160 Å². The van der Waals surface area contributed by atoms with Crippen LogP contribution in [0.5, 0.6) is 23.0 Å². The average molecular weight is 405 g/mol. The van der Waals surface area contributed by atoms with Gasteiger partial charge in [-0.25, -0.2) is 0 Å². The number of rotatable bonds is 9. The highest BCUT2D eigenvalue weighted by atomic mass is 16.5. The Bertz CT molecular complexity index is 872. The molecule has 0 spiro atoms. The van der Waals surface area contributed by atoms with Gasteiger partial charge in [0, 0.05) is 18.4 Å². The number of phenols is 3. The predicted octanol–water partition coefficient (Wildman–Crippen LogP) is 1.67. The molecule has 0 aliphatic heterocycles. The zero-order chi connectivity index (χ0) is 21.6. The number of methoxy groups -OCH3 is 1. The molecule has 0 radical (unpaired) electrons. The zero-order valence-corrected chi connectivity index (χ0v) is 15.7. The van der Waals surface area contributed by atoms with Crippen molar-refractivity contribution in [3.63, 3.8) is 0 Å². The first-order valence-corrected chi connectivity index (χ1v) is 8.78. The van der Waals surface area contributed by atoms with Crippen LogP contribution < -0.4 is 10.5 Å². The molecule has 2 rings (SSSR count). The van der Waals surface area contributed by atoms with Gasteiger partial charge < -0.3 is 35.6 Å². The van der Waals surface area contributed by atoms with Crippen LogP contribution >= 0.6 is 0 Å². The maximum absolute atomic E-state index is 12.3. The Morgan fingerprint density at radius 1 is 1.31 bits per heavy atom. The molecule has 9 nitrogen and oxygen atoms in total. The lowest BCUT2D eigenvalue weighted by atomic mass is 9.95. The van der Waals surface area contributed by atoms with E-state index in [9.17, 15) is 24.9 Å². The van der Waals surface area contributed by atoms with Crippen LogP contribution in [0.2, 0.25) is 0 Å². The molecule has 1 aromatic carbocycles. The fourth-order valence-electron chi connectivity index (χ4n) is 2.58. The number of carboxylic acids is 1. The Hall–Kier alpha value is -3.46. The number of aromatic hydroxyl groups is 3. The highest BCUT2D eigenvalue weighted by Gasteiger charge is 2.19. The summed E-state index contributed by atoms with van der Waals surface area (Å²) in [7, 11) is 1.53. The molecule has 1 aliphatic carbocycles. The smallest absolute Gasteiger partial charge is 0.320 e. The van der Waals surface area contributed by atoms with Gasteiger partial charge in [0.15, 0.2) is 17.3 Å². The minimum absolute atomic E-state index is 0.0411. The number of allylic oxidation sites excluding steroid dienone is 4. The molecule has 1 aromatic rings. The van der Waals surface area contributed by atoms with Crippen molar-refractivity contribution in [2.75, 3.05) is 13.7 Å². The molecular formula is C20H23NO8. The van der Waals surface area contributed by atoms with Crippen molar-refractivity contribution < 1.29 is 39.5 Å². The summed E-state index contributed by atoms with van der Waals surface area (Å²) in [4.78, 5) is 23.0. The molecule has 29 heavy (non-hydrogen) atoms. The normalized spacial score (nSPS) is 17.0. The fourth-order valence-corrected chi connectivity index (χ4v) is 2.58. The first-order chi connectivity index (χ1) is 13.7. The number of aliphatic carboxylic acids is 1. The van der Waals surface area contributed by atoms with E-state index in [0.717, 1.165) is 6.07 Å². The summed E-state index contributed by atoms with van der Waals surface area (Å²) in [5.74, 6) is -3.18. The number of nitrogens with two attached hydrogens (primary N) is 1. The molecule has 0 fully saturated rings. The van der Waals surface area contributed by atoms with Gasteiger partial charge in [0.05, 0.1) is 19.3 Å². The van der Waals surface area contributed by atoms with E-state index < -0.39 is 35.2 Å². The summed E-state index contributed by atoms with van der Waals surface area (Å²) >= 11 is 0. The molecule has 1 aliphatic rings. The molecule has 156 valence electrons. The predicted molar refractivity (Wildman–Crippen MR) is 104 cm³/mol. The second-order valence-corrected chi connectivity index (χ2v) is 6.33. The lowest BCUT2D eigenvalue weighted by molar-refractivity contribution is -0.138. The summed E-state index contributed by atoms with van der Waals surface area (Å²) in [6, 6.07) is -0.0872. The molecule has 0 saturated heterocycles. The third kappa shape index (κ3) is 5.52. The minimum atomic E-state index is -1.20. The van der Waals surface area contributed by atoms with Gasteiger partial charge in [-0.2, -0.15) is 0 Å². The Labute approximate surface area is 167 Å². The lowest BCUT2D eigenvalue weighted by Gasteiger charge is -2.14. The van der Waals surface area contributed by atoms with Crippen LogP contribution in [0, 0.1) is 5.92 Å². The summed E-state index contributed by atoms with van der Waals surface area (Å²) in [6.07, 6.45) is 7.96. The lowest BCUT2D eigenvalue weighted by Crippen LogP contribution is -2.31. The maximum atomic E-state index is 12.3. The number of carbonyl (C=O) groups is 2. The number of ether oxygens (including phenoxy) is 2. The van der Waals surface area contributed by atoms with E-state index in [0.29, 0.717) is 12.2 Å². The second kappa shape index (κ2) is 9.65. The van der Waals surface area contributed by atoms with Crippen molar-refractivity contribution in [3.05, 3.63) is 41.7 Å². The van der Waals surface area contributed by atoms with Gasteiger partial charge in [-0.3, -0.25) is 9.59 Å². The summed E-state index contributed by atoms with van der Waals surface area (Å²) in [6.45, 7) is -0.154. The van der Waals surface area contributed by atoms with Crippen LogP contribution in [0.4, 0.5) is 0 Å². The molecule has 9 heteroatoms. The van der Waals surface area contributed by atoms with Gasteiger partial charge in [0.1, 0.15) is 17.6 Å². The summed E-state index contributed by atoms with van der Waals surface area (Å²) < 4.78 is 10.2. The standard InChI is InChI=1S/C20H23NO8/c1-28-12-4-2-11(3-5-12)15(22)7-6-13-16(23)10-17(19(25)18(13)24)29-9-8-14(21)20(26)27/h2,4-7,10-11,14,23-25H,3,8-9,21H2,1H3,(H,26,27). The zero-order valence-electron chi connectivity index (χ0n) is 15.7. The molecule has 0 amide bonds. The number of ketones is 1. The van der Waals surface area contributed by atoms with Gasteiger partial charge >= 0.3 is 5.97 Å². The van der Waals surface area contributed by atoms with Crippen LogP contribution in [-0.4, -0.2) is 51.9 Å². The van der Waals surface area contributed by atoms with Crippen LogP contribution in [0.15, 0.2) is 36.1 Å². The summed E-state index contributed by atoms with van der Waals surface area (Å²) in [5.41, 5.74) is 5.20. The van der Waals surface area contributed by atoms with Crippen LogP contribution in [0.25, 0.3) is 6.08 Å². The Balaban J connectivity index is 2.08. The average Bonchev–Trinajstić information content (AvgIpc) is 2.71. The SMILES string of the molecule is COC1=CCC(C(=O)C=Cc2c(O)cc(OCCC(N)C(=O)O)c(O)c2O)C=C1. The third-order valence-corrected chi connectivity index (χ3v) is 4.34. The monoisotopic (exact) mass is 405 g/mol. The van der Waals surface area contributed by atoms with E-state index in [4.69, 9.17) is 20.3 Å². The number of phenolic OH excluding ortho intramolecular Hbond substituents is 3. The molecule has 2 unspecified atom stereocenters. The molecule has 2 atom stereocenters. The number of hydrogen-bond donors (Lipinski definition) is 5. The molecule has 0 aromatic heterocycles. The third-order valence-electron chi connectivity index (χ3n) is 4.34. The number of benzene rings is 1. The van der Waals surface area contributed by atoms with Gasteiger partial charge in [-0.1, -0.05) is 6.08 Å². The highest BCUT2D eigenvalue weighted by molar-refractivity contribution is 5.97. The van der Waals surface area contributed by atoms with Crippen LogP contribution in [0.1, 0.15) is 18.4 Å². The molecule has 0 heterocycles. The summed E-state index contributed by atoms with van der Waals surface area (Å²) in [5, 5.41) is 39.0. The van der Waals surface area contributed by atoms with E-state index in [1.165, 1.54) is 19.3 Å². The Kier molecular flexibility index (Phi) is 7.27. The van der Waals surface area contributed by atoms with E-state index in [1.807, 2.05) is 0 Å². The van der Waals surface area contributed by atoms with Gasteiger partial charge in [-0.05, 0) is 30.7 Å². The first kappa shape index (κ1) is 21.8. The first-order valence-electron chi connectivity index (χ1n) is 8.78. The Morgan fingerprint density at radius 3 is 2.62 bits per heavy atom. The number of carbonyl (C=O) groups excluding carboxylic acids is 1. The van der Waals surface area contributed by atoms with Crippen molar-refractivity contribution in [3.8, 4) is 23.0 Å². The quantitative estimate of drug-likeness (QED) is 0.234. The van der Waals surface area contributed by atoms with E-state index in [1.54, 1.807) is 18.2 Å². The van der Waals surface area contributed by atoms with Crippen molar-refractivity contribution in [2.24, 2.45) is 11.7 Å². The van der Waals surface area contributed by atoms with Gasteiger partial charge in [0.2, 0.25) is 5.75 Å². The van der Waals surface area contributed by atoms with E-state index in [-0.39, 0.29) is 30.1 Å². The van der Waals surface area contributed by atoms with Crippen molar-refractivity contribution in [1.29, 1.82) is 0 Å².